The molecule has 2 aromatic rings. The minimum Gasteiger partial charge on any atom is -0.478 e. The van der Waals surface area contributed by atoms with Crippen molar-refractivity contribution in [2.24, 2.45) is 5.73 Å². The number of carbonyl (C=O) groups is 1. The average Bonchev–Trinajstić information content (AvgIpc) is 2.82. The maximum atomic E-state index is 13.4. The fourth-order valence-electron chi connectivity index (χ4n) is 5.39. The summed E-state index contributed by atoms with van der Waals surface area (Å²) >= 11 is 0. The van der Waals surface area contributed by atoms with Gasteiger partial charge in [0.15, 0.2) is 6.10 Å². The van der Waals surface area contributed by atoms with Gasteiger partial charge in [-0.2, -0.15) is 0 Å². The molecule has 3 atom stereocenters. The normalized spacial score (nSPS) is 23.3. The highest BCUT2D eigenvalue weighted by molar-refractivity contribution is 6.00. The number of amides is 1. The van der Waals surface area contributed by atoms with Crippen LogP contribution in [0, 0.1) is 0 Å². The fourth-order valence-corrected chi connectivity index (χ4v) is 5.39. The predicted octanol–water partition coefficient (Wildman–Crippen LogP) is 4.92. The summed E-state index contributed by atoms with van der Waals surface area (Å²) in [5.41, 5.74) is 8.85. The van der Waals surface area contributed by atoms with Crippen LogP contribution in [0.25, 0.3) is 0 Å². The molecule has 1 unspecified atom stereocenters. The zero-order valence-corrected chi connectivity index (χ0v) is 20.2. The van der Waals surface area contributed by atoms with E-state index in [0.29, 0.717) is 25.0 Å². The Morgan fingerprint density at radius 2 is 1.67 bits per heavy atom. The first-order chi connectivity index (χ1) is 16.1. The number of rotatable bonds is 9. The number of hydrogen-bond donors (Lipinski definition) is 1. The number of fused-ring (bicyclic) bond motifs is 1. The molecule has 1 fully saturated rings. The van der Waals surface area contributed by atoms with Gasteiger partial charge in [0.2, 0.25) is 0 Å². The van der Waals surface area contributed by atoms with Crippen LogP contribution in [-0.2, 0) is 17.8 Å². The Bertz CT molecular complexity index is 921. The minimum absolute atomic E-state index is 0.0603. The van der Waals surface area contributed by atoms with Crippen LogP contribution in [0.1, 0.15) is 63.5 Å². The Morgan fingerprint density at radius 3 is 2.45 bits per heavy atom. The van der Waals surface area contributed by atoms with E-state index in [4.69, 9.17) is 10.5 Å². The predicted molar refractivity (Wildman–Crippen MR) is 135 cm³/mol. The minimum atomic E-state index is -0.497. The van der Waals surface area contributed by atoms with Crippen molar-refractivity contribution in [1.29, 1.82) is 0 Å². The van der Waals surface area contributed by atoms with Crippen molar-refractivity contribution in [3.05, 3.63) is 59.7 Å². The molecular formula is C28H39N3O2. The second-order valence-corrected chi connectivity index (χ2v) is 9.72. The molecule has 1 amide bonds. The van der Waals surface area contributed by atoms with E-state index in [-0.39, 0.29) is 5.91 Å². The zero-order chi connectivity index (χ0) is 23.2. The van der Waals surface area contributed by atoms with Crippen molar-refractivity contribution in [3.8, 4) is 5.75 Å². The zero-order valence-electron chi connectivity index (χ0n) is 20.2. The number of unbranched alkanes of at least 4 members (excludes halogenated alkanes) is 2. The van der Waals surface area contributed by atoms with E-state index in [1.165, 1.54) is 25.7 Å². The number of para-hydroxylation sites is 2. The molecule has 0 bridgehead atoms. The van der Waals surface area contributed by atoms with Crippen LogP contribution in [0.15, 0.2) is 48.5 Å². The number of likely N-dealkylation sites (tertiary alicyclic amines) is 1. The van der Waals surface area contributed by atoms with Gasteiger partial charge in [-0.1, -0.05) is 49.2 Å². The molecule has 2 aromatic carbocycles. The maximum Gasteiger partial charge on any atom is 0.268 e. The quantitative estimate of drug-likeness (QED) is 0.552. The van der Waals surface area contributed by atoms with Gasteiger partial charge < -0.3 is 15.4 Å². The molecule has 5 heteroatoms. The van der Waals surface area contributed by atoms with E-state index < -0.39 is 6.10 Å². The lowest BCUT2D eigenvalue weighted by Crippen LogP contribution is -2.47. The number of piperidine rings is 1. The first-order valence-electron chi connectivity index (χ1n) is 12.7. The highest BCUT2D eigenvalue weighted by atomic mass is 16.5. The number of carbonyl (C=O) groups excluding carboxylic acids is 1. The molecule has 0 radical (unpaired) electrons. The first-order valence-corrected chi connectivity index (χ1v) is 12.7. The molecule has 0 aromatic heterocycles. The van der Waals surface area contributed by atoms with Crippen molar-refractivity contribution < 1.29 is 9.53 Å². The van der Waals surface area contributed by atoms with E-state index >= 15 is 0 Å². The van der Waals surface area contributed by atoms with Crippen LogP contribution in [0.4, 0.5) is 5.69 Å². The summed E-state index contributed by atoms with van der Waals surface area (Å²) in [4.78, 5) is 18.0. The molecule has 33 heavy (non-hydrogen) atoms. The maximum absolute atomic E-state index is 13.4. The van der Waals surface area contributed by atoms with E-state index in [1.54, 1.807) is 0 Å². The monoisotopic (exact) mass is 449 g/mol. The molecule has 2 heterocycles. The van der Waals surface area contributed by atoms with Gasteiger partial charge in [-0.15, -0.1) is 0 Å². The van der Waals surface area contributed by atoms with Gasteiger partial charge in [0.1, 0.15) is 5.75 Å². The Hall–Kier alpha value is -2.37. The summed E-state index contributed by atoms with van der Waals surface area (Å²) in [5.74, 6) is 0.859. The number of ether oxygens (including phenoxy) is 1. The van der Waals surface area contributed by atoms with Crippen molar-refractivity contribution in [2.75, 3.05) is 18.0 Å². The summed E-state index contributed by atoms with van der Waals surface area (Å²) < 4.78 is 6.15. The van der Waals surface area contributed by atoms with Crippen molar-refractivity contribution >= 4 is 11.6 Å². The third-order valence-electron chi connectivity index (χ3n) is 7.29. The highest BCUT2D eigenvalue weighted by Gasteiger charge is 2.34. The second-order valence-electron chi connectivity index (χ2n) is 9.72. The summed E-state index contributed by atoms with van der Waals surface area (Å²) in [7, 11) is 0. The topological polar surface area (TPSA) is 58.8 Å². The van der Waals surface area contributed by atoms with Gasteiger partial charge in [0, 0.05) is 31.6 Å². The summed E-state index contributed by atoms with van der Waals surface area (Å²) in [6, 6.07) is 17.4. The van der Waals surface area contributed by atoms with Gasteiger partial charge in [0.05, 0.1) is 5.69 Å². The third kappa shape index (κ3) is 5.77. The summed E-state index contributed by atoms with van der Waals surface area (Å²) in [5, 5.41) is 0. The fraction of sp³-hybridized carbons (Fsp3) is 0.536. The molecule has 1 saturated heterocycles. The van der Waals surface area contributed by atoms with Gasteiger partial charge in [-0.25, -0.2) is 0 Å². The van der Waals surface area contributed by atoms with E-state index in [2.05, 4.69) is 24.8 Å². The standard InChI is InChI=1S/C28H39N3O2/c1-21-10-8-11-22(2)30(21)16-6-3-7-17-31-25-14-4-5-15-26(25)33-27(28(31)32)19-23-12-9-13-24(18-23)20-29/h4-5,9,12-15,18,21-22,27H,3,6-8,10-11,16-17,19-20,29H2,1-2H3/t21-,22+,27?. The van der Waals surface area contributed by atoms with Crippen molar-refractivity contribution in [2.45, 2.75) is 83.5 Å². The molecule has 0 aliphatic carbocycles. The smallest absolute Gasteiger partial charge is 0.268 e. The molecule has 0 saturated carbocycles. The third-order valence-corrected chi connectivity index (χ3v) is 7.29. The number of nitrogens with zero attached hydrogens (tertiary/aromatic N) is 2. The van der Waals surface area contributed by atoms with Crippen LogP contribution in [0.3, 0.4) is 0 Å². The van der Waals surface area contributed by atoms with Gasteiger partial charge in [-0.05, 0) is 69.3 Å². The number of hydrogen-bond acceptors (Lipinski definition) is 4. The van der Waals surface area contributed by atoms with E-state index in [1.807, 2.05) is 47.4 Å². The highest BCUT2D eigenvalue weighted by Crippen LogP contribution is 2.35. The molecule has 0 spiro atoms. The lowest BCUT2D eigenvalue weighted by Gasteiger charge is -2.39. The molecule has 2 aliphatic heterocycles. The van der Waals surface area contributed by atoms with Gasteiger partial charge in [-0.3, -0.25) is 9.69 Å². The van der Waals surface area contributed by atoms with Crippen LogP contribution in [0.5, 0.6) is 5.75 Å². The summed E-state index contributed by atoms with van der Waals surface area (Å²) in [6.07, 6.45) is 7.38. The molecule has 2 aliphatic rings. The van der Waals surface area contributed by atoms with Gasteiger partial charge >= 0.3 is 0 Å². The molecular weight excluding hydrogens is 410 g/mol. The Balaban J connectivity index is 1.36. The van der Waals surface area contributed by atoms with Crippen LogP contribution >= 0.6 is 0 Å². The van der Waals surface area contributed by atoms with Crippen LogP contribution in [-0.4, -0.2) is 42.1 Å². The Kier molecular flexibility index (Phi) is 8.05. The van der Waals surface area contributed by atoms with Crippen molar-refractivity contribution in [1.82, 2.24) is 4.90 Å². The SMILES string of the molecule is C[C@@H]1CCC[C@H](C)N1CCCCCN1C(=O)C(Cc2cccc(CN)c2)Oc2ccccc21. The van der Waals surface area contributed by atoms with Crippen molar-refractivity contribution in [3.63, 3.8) is 0 Å². The lowest BCUT2D eigenvalue weighted by atomic mass is 9.97. The first kappa shape index (κ1) is 23.8. The van der Waals surface area contributed by atoms with E-state index in [0.717, 1.165) is 48.5 Å². The number of anilines is 1. The van der Waals surface area contributed by atoms with Crippen LogP contribution < -0.4 is 15.4 Å². The molecule has 4 rings (SSSR count). The van der Waals surface area contributed by atoms with Gasteiger partial charge in [0.25, 0.3) is 5.91 Å². The average molecular weight is 450 g/mol. The van der Waals surface area contributed by atoms with E-state index in [9.17, 15) is 4.79 Å². The lowest BCUT2D eigenvalue weighted by molar-refractivity contribution is -0.126. The molecule has 5 nitrogen and oxygen atoms in total. The Labute approximate surface area is 198 Å². The summed E-state index contributed by atoms with van der Waals surface area (Å²) in [6.45, 7) is 7.13. The van der Waals surface area contributed by atoms with Crippen LogP contribution in [0.2, 0.25) is 0 Å². The Morgan fingerprint density at radius 1 is 0.939 bits per heavy atom. The second kappa shape index (κ2) is 11.2. The molecule has 2 N–H and O–H groups in total. The number of nitrogens with two attached hydrogens (primary N) is 1. The number of benzene rings is 2. The largest absolute Gasteiger partial charge is 0.478 e. The molecule has 178 valence electrons.